The van der Waals surface area contributed by atoms with Crippen LogP contribution >= 0.6 is 0 Å². The highest BCUT2D eigenvalue weighted by atomic mass is 16.5. The number of hydrogen-bond donors (Lipinski definition) is 1. The second-order valence-corrected chi connectivity index (χ2v) is 9.43. The lowest BCUT2D eigenvalue weighted by molar-refractivity contribution is -0.144. The highest BCUT2D eigenvalue weighted by Gasteiger charge is 2.30. The first-order valence-corrected chi connectivity index (χ1v) is 12.3. The maximum absolute atomic E-state index is 13.0. The van der Waals surface area contributed by atoms with Crippen LogP contribution in [0.5, 0.6) is 5.88 Å². The van der Waals surface area contributed by atoms with Crippen molar-refractivity contribution in [3.8, 4) is 17.1 Å². The van der Waals surface area contributed by atoms with Crippen molar-refractivity contribution in [2.24, 2.45) is 5.92 Å². The van der Waals surface area contributed by atoms with Gasteiger partial charge in [0.05, 0.1) is 30.1 Å². The minimum atomic E-state index is -0.271. The number of pyridine rings is 1. The van der Waals surface area contributed by atoms with E-state index in [0.29, 0.717) is 61.6 Å². The summed E-state index contributed by atoms with van der Waals surface area (Å²) >= 11 is 0. The van der Waals surface area contributed by atoms with Crippen molar-refractivity contribution < 1.29 is 19.4 Å². The maximum Gasteiger partial charge on any atom is 0.242 e. The Morgan fingerprint density at radius 1 is 1.22 bits per heavy atom. The molecular weight excluding hydrogens is 458 g/mol. The monoisotopic (exact) mass is 489 g/mol. The molecule has 1 amide bonds. The molecule has 9 heteroatoms. The Hall–Kier alpha value is -3.72. The Balaban J connectivity index is 1.30. The van der Waals surface area contributed by atoms with E-state index in [2.05, 4.69) is 9.97 Å². The number of carbonyl (C=O) groups is 1. The number of fused-ring (bicyclic) bond motifs is 1. The molecule has 2 aromatic heterocycles. The molecule has 1 N–H and O–H groups in total. The number of anilines is 1. The Morgan fingerprint density at radius 2 is 2.03 bits per heavy atom. The minimum absolute atomic E-state index is 0.0861. The zero-order valence-electron chi connectivity index (χ0n) is 20.6. The molecule has 0 saturated carbocycles. The summed E-state index contributed by atoms with van der Waals surface area (Å²) in [6, 6.07) is 10.1. The lowest BCUT2D eigenvalue weighted by Gasteiger charge is -2.35. The maximum atomic E-state index is 13.0. The number of ether oxygens (including phenoxy) is 2. The molecule has 0 spiro atoms. The van der Waals surface area contributed by atoms with Gasteiger partial charge in [-0.15, -0.1) is 0 Å². The third-order valence-electron chi connectivity index (χ3n) is 6.70. The summed E-state index contributed by atoms with van der Waals surface area (Å²) in [5.74, 6) is 0.805. The Kier molecular flexibility index (Phi) is 6.99. The molecule has 1 fully saturated rings. The third-order valence-corrected chi connectivity index (χ3v) is 6.70. The Bertz CT molecular complexity index is 1260. The van der Waals surface area contributed by atoms with Crippen LogP contribution in [0.3, 0.4) is 0 Å². The van der Waals surface area contributed by atoms with Gasteiger partial charge in [0.15, 0.2) is 5.52 Å². The van der Waals surface area contributed by atoms with Gasteiger partial charge in [-0.3, -0.25) is 9.78 Å². The number of benzene rings is 1. The molecule has 1 aliphatic heterocycles. The molecule has 36 heavy (non-hydrogen) atoms. The van der Waals surface area contributed by atoms with E-state index < -0.39 is 0 Å². The summed E-state index contributed by atoms with van der Waals surface area (Å²) in [5.41, 5.74) is 4.09. The fourth-order valence-electron chi connectivity index (χ4n) is 4.62. The highest BCUT2D eigenvalue weighted by Crippen LogP contribution is 2.29. The molecule has 2 atom stereocenters. The van der Waals surface area contributed by atoms with E-state index in [1.165, 1.54) is 0 Å². The molecule has 1 aliphatic carbocycles. The summed E-state index contributed by atoms with van der Waals surface area (Å²) in [5, 5.41) is 9.62. The predicted octanol–water partition coefficient (Wildman–Crippen LogP) is 3.61. The number of aliphatic hydroxyl groups excluding tert-OH is 1. The summed E-state index contributed by atoms with van der Waals surface area (Å²) in [6.07, 6.45) is 6.57. The fraction of sp³-hybridized carbons (Fsp3) is 0.407. The predicted molar refractivity (Wildman–Crippen MR) is 137 cm³/mol. The highest BCUT2D eigenvalue weighted by molar-refractivity contribution is 5.83. The number of carbonyl (C=O) groups excluding carboxylic acids is 1. The number of allylic oxidation sites excluding steroid dienone is 2. The Labute approximate surface area is 210 Å². The molecule has 0 radical (unpaired) electrons. The first-order chi connectivity index (χ1) is 17.5. The lowest BCUT2D eigenvalue weighted by atomic mass is 9.92. The first kappa shape index (κ1) is 24.0. The van der Waals surface area contributed by atoms with Crippen molar-refractivity contribution in [3.63, 3.8) is 0 Å². The van der Waals surface area contributed by atoms with Crippen LogP contribution < -0.4 is 9.64 Å². The lowest BCUT2D eigenvalue weighted by Crippen LogP contribution is -2.49. The van der Waals surface area contributed by atoms with Crippen LogP contribution in [0.1, 0.15) is 19.3 Å². The van der Waals surface area contributed by atoms with E-state index in [-0.39, 0.29) is 24.5 Å². The van der Waals surface area contributed by atoms with Gasteiger partial charge < -0.3 is 24.4 Å². The van der Waals surface area contributed by atoms with Crippen molar-refractivity contribution in [2.45, 2.75) is 25.4 Å². The molecule has 3 heterocycles. The van der Waals surface area contributed by atoms with Crippen molar-refractivity contribution in [3.05, 3.63) is 54.6 Å². The summed E-state index contributed by atoms with van der Waals surface area (Å²) in [7, 11) is 4.01. The largest absolute Gasteiger partial charge is 0.513 e. The number of nitrogens with zero attached hydrogens (tertiary/aromatic N) is 5. The number of morpholine rings is 1. The second kappa shape index (κ2) is 10.5. The topological polar surface area (TPSA) is 101 Å². The number of rotatable bonds is 6. The molecule has 1 saturated heterocycles. The van der Waals surface area contributed by atoms with Gasteiger partial charge in [0.25, 0.3) is 0 Å². The molecular formula is C27H31N5O4. The van der Waals surface area contributed by atoms with Gasteiger partial charge in [0.2, 0.25) is 11.8 Å². The van der Waals surface area contributed by atoms with Crippen molar-refractivity contribution in [1.82, 2.24) is 19.9 Å². The van der Waals surface area contributed by atoms with Crippen molar-refractivity contribution in [1.29, 1.82) is 0 Å². The van der Waals surface area contributed by atoms with Crippen LogP contribution in [0.15, 0.2) is 54.6 Å². The van der Waals surface area contributed by atoms with E-state index in [1.54, 1.807) is 18.5 Å². The summed E-state index contributed by atoms with van der Waals surface area (Å²) < 4.78 is 12.1. The molecule has 1 aromatic carbocycles. The van der Waals surface area contributed by atoms with E-state index in [0.717, 1.165) is 16.9 Å². The normalized spacial score (nSPS) is 20.2. The van der Waals surface area contributed by atoms with Gasteiger partial charge in [-0.05, 0) is 37.1 Å². The SMILES string of the molecule is CN(C)c1ccc(-c2cc3nccnc3c(OC[C@@H]3CN(C(=O)[C@H]4CC=C(O)CC4)CCO3)n2)cc1. The van der Waals surface area contributed by atoms with Crippen LogP contribution in [0.25, 0.3) is 22.3 Å². The van der Waals surface area contributed by atoms with Crippen LogP contribution in [0.2, 0.25) is 0 Å². The average Bonchev–Trinajstić information content (AvgIpc) is 2.92. The van der Waals surface area contributed by atoms with Crippen molar-refractivity contribution in [2.75, 3.05) is 45.3 Å². The van der Waals surface area contributed by atoms with Crippen LogP contribution in [0, 0.1) is 5.92 Å². The number of aromatic nitrogens is 3. The molecule has 3 aromatic rings. The molecule has 2 aliphatic rings. The molecule has 5 rings (SSSR count). The molecule has 0 unspecified atom stereocenters. The van der Waals surface area contributed by atoms with E-state index in [9.17, 15) is 9.90 Å². The van der Waals surface area contributed by atoms with Gasteiger partial charge in [0, 0.05) is 56.6 Å². The van der Waals surface area contributed by atoms with E-state index in [1.807, 2.05) is 54.2 Å². The second-order valence-electron chi connectivity index (χ2n) is 9.43. The van der Waals surface area contributed by atoms with Gasteiger partial charge >= 0.3 is 0 Å². The van der Waals surface area contributed by atoms with Gasteiger partial charge in [0.1, 0.15) is 12.7 Å². The smallest absolute Gasteiger partial charge is 0.242 e. The van der Waals surface area contributed by atoms with Gasteiger partial charge in [-0.1, -0.05) is 12.1 Å². The number of amides is 1. The van der Waals surface area contributed by atoms with Gasteiger partial charge in [-0.2, -0.15) is 0 Å². The number of hydrogen-bond acceptors (Lipinski definition) is 8. The quantitative estimate of drug-likeness (QED) is 0.561. The van der Waals surface area contributed by atoms with E-state index in [4.69, 9.17) is 14.5 Å². The molecule has 0 bridgehead atoms. The zero-order chi connectivity index (χ0) is 25.1. The van der Waals surface area contributed by atoms with Gasteiger partial charge in [-0.25, -0.2) is 9.97 Å². The first-order valence-electron chi connectivity index (χ1n) is 12.3. The third kappa shape index (κ3) is 5.26. The summed E-state index contributed by atoms with van der Waals surface area (Å²) in [6.45, 7) is 1.73. The van der Waals surface area contributed by atoms with Crippen LogP contribution in [-0.4, -0.2) is 77.4 Å². The van der Waals surface area contributed by atoms with E-state index >= 15 is 0 Å². The summed E-state index contributed by atoms with van der Waals surface area (Å²) in [4.78, 5) is 30.6. The molecule has 9 nitrogen and oxygen atoms in total. The minimum Gasteiger partial charge on any atom is -0.513 e. The zero-order valence-corrected chi connectivity index (χ0v) is 20.6. The van der Waals surface area contributed by atoms with Crippen LogP contribution in [0.4, 0.5) is 5.69 Å². The van der Waals surface area contributed by atoms with Crippen molar-refractivity contribution >= 4 is 22.6 Å². The average molecular weight is 490 g/mol. The Morgan fingerprint density at radius 3 is 2.78 bits per heavy atom. The molecule has 188 valence electrons. The van der Waals surface area contributed by atoms with Crippen LogP contribution in [-0.2, 0) is 9.53 Å². The fourth-order valence-corrected chi connectivity index (χ4v) is 4.62. The standard InChI is InChI=1S/C27H31N5O4/c1-31(2)20-7-3-18(4-8-20)23-15-24-25(29-12-11-28-24)26(30-23)36-17-22-16-32(13-14-35-22)27(34)19-5-9-21(33)10-6-19/h3-4,7-9,11-12,15,19,22,33H,5-6,10,13-14,16-17H2,1-2H3/t19-,22-/m0/s1. The number of aliphatic hydroxyl groups is 1.